The van der Waals surface area contributed by atoms with Gasteiger partial charge in [0.1, 0.15) is 0 Å². The number of amides is 1. The van der Waals surface area contributed by atoms with Crippen LogP contribution < -0.4 is 5.32 Å². The average Bonchev–Trinajstić information content (AvgIpc) is 2.78. The van der Waals surface area contributed by atoms with Gasteiger partial charge in [0.25, 0.3) is 5.91 Å². The number of anilines is 1. The van der Waals surface area contributed by atoms with Crippen LogP contribution in [0.5, 0.6) is 0 Å². The van der Waals surface area contributed by atoms with Gasteiger partial charge in [-0.25, -0.2) is 0 Å². The molecule has 4 nitrogen and oxygen atoms in total. The highest BCUT2D eigenvalue weighted by Crippen LogP contribution is 2.46. The molecular formula is C12H12IN3OS. The molecule has 0 bridgehead atoms. The molecule has 0 aromatic carbocycles. The van der Waals surface area contributed by atoms with Crippen LogP contribution in [0.2, 0.25) is 0 Å². The summed E-state index contributed by atoms with van der Waals surface area (Å²) >= 11 is 3.77. The minimum absolute atomic E-state index is 0.101. The van der Waals surface area contributed by atoms with Crippen molar-refractivity contribution in [3.8, 4) is 0 Å². The van der Waals surface area contributed by atoms with E-state index in [0.29, 0.717) is 17.3 Å². The molecular weight excluding hydrogens is 361 g/mol. The number of halogens is 1. The van der Waals surface area contributed by atoms with Gasteiger partial charge in [-0.15, -0.1) is 11.3 Å². The molecule has 2 atom stereocenters. The normalized spacial score (nSPS) is 21.9. The summed E-state index contributed by atoms with van der Waals surface area (Å²) in [7, 11) is 0. The number of hydrogen-bond acceptors (Lipinski definition) is 3. The predicted octanol–water partition coefficient (Wildman–Crippen LogP) is 3.45. The molecule has 2 N–H and O–H groups in total. The zero-order valence-electron chi connectivity index (χ0n) is 9.74. The number of carbonyl (C=O) groups is 1. The molecule has 2 unspecified atom stereocenters. The number of nitrogens with one attached hydrogen (secondary N) is 2. The van der Waals surface area contributed by atoms with Crippen molar-refractivity contribution < 1.29 is 4.79 Å². The Morgan fingerprint density at radius 1 is 1.61 bits per heavy atom. The molecule has 1 amide bonds. The molecule has 1 aliphatic rings. The summed E-state index contributed by atoms with van der Waals surface area (Å²) in [6.07, 6.45) is 1.21. The molecule has 2 heterocycles. The molecule has 94 valence electrons. The third kappa shape index (κ3) is 2.44. The summed E-state index contributed by atoms with van der Waals surface area (Å²) < 4.78 is 1.10. The maximum Gasteiger partial charge on any atom is 0.257 e. The number of H-pyrrole nitrogens is 1. The van der Waals surface area contributed by atoms with Gasteiger partial charge < -0.3 is 5.32 Å². The van der Waals surface area contributed by atoms with Crippen molar-refractivity contribution in [1.82, 2.24) is 10.2 Å². The Balaban J connectivity index is 1.69. The quantitative estimate of drug-likeness (QED) is 0.810. The minimum atomic E-state index is -0.101. The lowest BCUT2D eigenvalue weighted by Gasteiger charge is -1.97. The fourth-order valence-electron chi connectivity index (χ4n) is 1.96. The van der Waals surface area contributed by atoms with E-state index in [0.717, 1.165) is 14.5 Å². The van der Waals surface area contributed by atoms with Crippen LogP contribution in [0.3, 0.4) is 0 Å². The standard InChI is InChI=1S/C12H12IN3OS/c1-6-2-8(6)9-4-11(16-15-9)14-12(17)7-3-10(13)18-5-7/h3-6,8H,2H2,1H3,(H2,14,15,16,17). The number of rotatable bonds is 3. The molecule has 18 heavy (non-hydrogen) atoms. The second kappa shape index (κ2) is 4.65. The van der Waals surface area contributed by atoms with E-state index in [4.69, 9.17) is 0 Å². The van der Waals surface area contributed by atoms with Crippen molar-refractivity contribution in [3.05, 3.63) is 31.7 Å². The highest BCUT2D eigenvalue weighted by atomic mass is 127. The first-order valence-electron chi connectivity index (χ1n) is 5.74. The Hall–Kier alpha value is -0.890. The Morgan fingerprint density at radius 2 is 2.39 bits per heavy atom. The fourth-order valence-corrected chi connectivity index (χ4v) is 3.29. The molecule has 2 aromatic heterocycles. The Kier molecular flexibility index (Phi) is 3.14. The van der Waals surface area contributed by atoms with Crippen LogP contribution >= 0.6 is 33.9 Å². The topological polar surface area (TPSA) is 57.8 Å². The van der Waals surface area contributed by atoms with Gasteiger partial charge in [0, 0.05) is 23.1 Å². The fraction of sp³-hybridized carbons (Fsp3) is 0.333. The van der Waals surface area contributed by atoms with E-state index in [9.17, 15) is 4.79 Å². The Morgan fingerprint density at radius 3 is 3.00 bits per heavy atom. The summed E-state index contributed by atoms with van der Waals surface area (Å²) in [4.78, 5) is 11.9. The molecule has 0 aliphatic heterocycles. The molecule has 1 aliphatic carbocycles. The van der Waals surface area contributed by atoms with E-state index >= 15 is 0 Å². The highest BCUT2D eigenvalue weighted by Gasteiger charge is 2.35. The molecule has 3 rings (SSSR count). The van der Waals surface area contributed by atoms with E-state index in [1.165, 1.54) is 6.42 Å². The van der Waals surface area contributed by atoms with Gasteiger partial charge in [-0.2, -0.15) is 5.10 Å². The minimum Gasteiger partial charge on any atom is -0.305 e. The number of nitrogens with zero attached hydrogens (tertiary/aromatic N) is 1. The molecule has 1 saturated carbocycles. The maximum atomic E-state index is 11.9. The van der Waals surface area contributed by atoms with Gasteiger partial charge in [-0.05, 0) is 41.0 Å². The summed E-state index contributed by atoms with van der Waals surface area (Å²) in [5, 5.41) is 11.8. The van der Waals surface area contributed by atoms with Crippen LogP contribution in [0.15, 0.2) is 17.5 Å². The van der Waals surface area contributed by atoms with Crippen molar-refractivity contribution >= 4 is 45.7 Å². The lowest BCUT2D eigenvalue weighted by molar-refractivity contribution is 0.102. The van der Waals surface area contributed by atoms with Crippen LogP contribution in [0.25, 0.3) is 0 Å². The van der Waals surface area contributed by atoms with E-state index in [1.807, 2.05) is 17.5 Å². The number of aromatic amines is 1. The third-order valence-corrected chi connectivity index (χ3v) is 4.97. The van der Waals surface area contributed by atoms with E-state index < -0.39 is 0 Å². The van der Waals surface area contributed by atoms with Gasteiger partial charge in [-0.3, -0.25) is 9.89 Å². The van der Waals surface area contributed by atoms with E-state index in [2.05, 4.69) is 45.0 Å². The molecule has 0 saturated heterocycles. The lowest BCUT2D eigenvalue weighted by atomic mass is 10.2. The second-order valence-corrected chi connectivity index (χ2v) is 7.43. The van der Waals surface area contributed by atoms with Gasteiger partial charge in [0.2, 0.25) is 0 Å². The zero-order valence-corrected chi connectivity index (χ0v) is 12.7. The number of hydrogen-bond donors (Lipinski definition) is 2. The van der Waals surface area contributed by atoms with Gasteiger partial charge >= 0.3 is 0 Å². The smallest absolute Gasteiger partial charge is 0.257 e. The zero-order chi connectivity index (χ0) is 12.7. The lowest BCUT2D eigenvalue weighted by Crippen LogP contribution is -2.10. The highest BCUT2D eigenvalue weighted by molar-refractivity contribution is 14.1. The molecule has 6 heteroatoms. The largest absolute Gasteiger partial charge is 0.305 e. The first-order chi connectivity index (χ1) is 8.63. The first-order valence-corrected chi connectivity index (χ1v) is 7.70. The third-order valence-electron chi connectivity index (χ3n) is 3.18. The van der Waals surface area contributed by atoms with Crippen molar-refractivity contribution in [1.29, 1.82) is 0 Å². The van der Waals surface area contributed by atoms with E-state index in [-0.39, 0.29) is 5.91 Å². The molecule has 2 aromatic rings. The first kappa shape index (κ1) is 12.2. The summed E-state index contributed by atoms with van der Waals surface area (Å²) in [5.41, 5.74) is 1.81. The number of aromatic nitrogens is 2. The summed E-state index contributed by atoms with van der Waals surface area (Å²) in [6, 6.07) is 3.81. The van der Waals surface area contributed by atoms with Gasteiger partial charge in [-0.1, -0.05) is 6.92 Å². The number of carbonyl (C=O) groups excluding carboxylic acids is 1. The van der Waals surface area contributed by atoms with Crippen LogP contribution in [0.4, 0.5) is 5.82 Å². The van der Waals surface area contributed by atoms with Crippen LogP contribution in [0.1, 0.15) is 35.3 Å². The van der Waals surface area contributed by atoms with Gasteiger partial charge in [0.05, 0.1) is 8.45 Å². The second-order valence-electron chi connectivity index (χ2n) is 4.62. The van der Waals surface area contributed by atoms with E-state index in [1.54, 1.807) is 11.3 Å². The summed E-state index contributed by atoms with van der Waals surface area (Å²) in [6.45, 7) is 2.22. The molecule has 0 radical (unpaired) electrons. The monoisotopic (exact) mass is 373 g/mol. The molecule has 0 spiro atoms. The average molecular weight is 373 g/mol. The van der Waals surface area contributed by atoms with Crippen LogP contribution in [-0.2, 0) is 0 Å². The number of thiophene rings is 1. The van der Waals surface area contributed by atoms with Crippen LogP contribution in [0, 0.1) is 8.80 Å². The van der Waals surface area contributed by atoms with Crippen molar-refractivity contribution in [2.45, 2.75) is 19.3 Å². The summed E-state index contributed by atoms with van der Waals surface area (Å²) in [5.74, 6) is 1.82. The van der Waals surface area contributed by atoms with Gasteiger partial charge in [0.15, 0.2) is 5.82 Å². The van der Waals surface area contributed by atoms with Crippen molar-refractivity contribution in [2.24, 2.45) is 5.92 Å². The molecule has 1 fully saturated rings. The van der Waals surface area contributed by atoms with Crippen molar-refractivity contribution in [2.75, 3.05) is 5.32 Å². The maximum absolute atomic E-state index is 11.9. The predicted molar refractivity (Wildman–Crippen MR) is 80.1 cm³/mol. The van der Waals surface area contributed by atoms with Crippen molar-refractivity contribution in [3.63, 3.8) is 0 Å². The SMILES string of the molecule is CC1CC1c1cc(NC(=O)c2csc(I)c2)n[nH]1. The van der Waals surface area contributed by atoms with Crippen LogP contribution in [-0.4, -0.2) is 16.1 Å². The Bertz CT molecular complexity index is 592. The Labute approximate surface area is 122 Å².